The van der Waals surface area contributed by atoms with Crippen molar-refractivity contribution in [2.45, 2.75) is 19.4 Å². The van der Waals surface area contributed by atoms with Crippen molar-refractivity contribution in [2.75, 3.05) is 19.8 Å². The van der Waals surface area contributed by atoms with Crippen LogP contribution in [0.2, 0.25) is 0 Å². The summed E-state index contributed by atoms with van der Waals surface area (Å²) in [4.78, 5) is 0. The zero-order valence-corrected chi connectivity index (χ0v) is 9.52. The average Bonchev–Trinajstić information content (AvgIpc) is 2.38. The standard InChI is InChI=1S/C13H19NO2/c14-9-12-3-1-2-4-13(12)16-10-11-5-7-15-8-6-11/h1-4,11H,5-10,14H2. The second kappa shape index (κ2) is 5.87. The number of benzene rings is 1. The molecule has 0 bridgehead atoms. The third kappa shape index (κ3) is 2.97. The summed E-state index contributed by atoms with van der Waals surface area (Å²) in [6.07, 6.45) is 2.20. The number of para-hydroxylation sites is 1. The van der Waals surface area contributed by atoms with Crippen molar-refractivity contribution in [3.8, 4) is 5.75 Å². The fourth-order valence-corrected chi connectivity index (χ4v) is 1.93. The number of hydrogen-bond donors (Lipinski definition) is 1. The molecule has 0 amide bonds. The molecule has 16 heavy (non-hydrogen) atoms. The van der Waals surface area contributed by atoms with Gasteiger partial charge < -0.3 is 15.2 Å². The van der Waals surface area contributed by atoms with E-state index in [0.29, 0.717) is 12.5 Å². The highest BCUT2D eigenvalue weighted by Crippen LogP contribution is 2.20. The van der Waals surface area contributed by atoms with Crippen LogP contribution in [-0.4, -0.2) is 19.8 Å². The Hall–Kier alpha value is -1.06. The summed E-state index contributed by atoms with van der Waals surface area (Å²) in [5.74, 6) is 1.55. The summed E-state index contributed by atoms with van der Waals surface area (Å²) in [5, 5.41) is 0. The largest absolute Gasteiger partial charge is 0.493 e. The number of rotatable bonds is 4. The molecule has 1 aliphatic rings. The highest BCUT2D eigenvalue weighted by molar-refractivity contribution is 5.32. The van der Waals surface area contributed by atoms with Crippen LogP contribution in [0.1, 0.15) is 18.4 Å². The monoisotopic (exact) mass is 221 g/mol. The Bertz CT molecular complexity index is 321. The van der Waals surface area contributed by atoms with Gasteiger partial charge in [-0.05, 0) is 24.8 Å². The molecule has 2 N–H and O–H groups in total. The first-order valence-electron chi connectivity index (χ1n) is 5.88. The Morgan fingerprint density at radius 3 is 2.75 bits per heavy atom. The van der Waals surface area contributed by atoms with Gasteiger partial charge >= 0.3 is 0 Å². The smallest absolute Gasteiger partial charge is 0.123 e. The van der Waals surface area contributed by atoms with Gasteiger partial charge in [-0.2, -0.15) is 0 Å². The minimum absolute atomic E-state index is 0.532. The van der Waals surface area contributed by atoms with Crippen molar-refractivity contribution >= 4 is 0 Å². The molecular weight excluding hydrogens is 202 g/mol. The van der Waals surface area contributed by atoms with E-state index in [-0.39, 0.29) is 0 Å². The van der Waals surface area contributed by atoms with Gasteiger partial charge in [-0.25, -0.2) is 0 Å². The molecular formula is C13H19NO2. The van der Waals surface area contributed by atoms with Crippen LogP contribution in [0.5, 0.6) is 5.75 Å². The Balaban J connectivity index is 1.88. The molecule has 3 heteroatoms. The van der Waals surface area contributed by atoms with Crippen molar-refractivity contribution < 1.29 is 9.47 Å². The van der Waals surface area contributed by atoms with Crippen LogP contribution < -0.4 is 10.5 Å². The fraction of sp³-hybridized carbons (Fsp3) is 0.538. The lowest BCUT2D eigenvalue weighted by atomic mass is 10.0. The summed E-state index contributed by atoms with van der Waals surface area (Å²) >= 11 is 0. The molecule has 0 saturated carbocycles. The molecule has 1 aromatic rings. The third-order valence-corrected chi connectivity index (χ3v) is 3.01. The summed E-state index contributed by atoms with van der Waals surface area (Å²) < 4.78 is 11.2. The molecule has 1 saturated heterocycles. The molecule has 1 aromatic carbocycles. The fourth-order valence-electron chi connectivity index (χ4n) is 1.93. The van der Waals surface area contributed by atoms with Crippen molar-refractivity contribution in [1.82, 2.24) is 0 Å². The molecule has 2 rings (SSSR count). The Labute approximate surface area is 96.5 Å². The van der Waals surface area contributed by atoms with E-state index < -0.39 is 0 Å². The van der Waals surface area contributed by atoms with Crippen molar-refractivity contribution in [2.24, 2.45) is 11.7 Å². The zero-order valence-electron chi connectivity index (χ0n) is 9.52. The molecule has 0 spiro atoms. The van der Waals surface area contributed by atoms with Crippen LogP contribution in [0.25, 0.3) is 0 Å². The van der Waals surface area contributed by atoms with Crippen LogP contribution in [-0.2, 0) is 11.3 Å². The van der Waals surface area contributed by atoms with Gasteiger partial charge in [0.2, 0.25) is 0 Å². The molecule has 0 radical (unpaired) electrons. The maximum Gasteiger partial charge on any atom is 0.123 e. The van der Waals surface area contributed by atoms with Crippen LogP contribution in [0.15, 0.2) is 24.3 Å². The molecule has 0 atom stereocenters. The van der Waals surface area contributed by atoms with Gasteiger partial charge in [-0.3, -0.25) is 0 Å². The van der Waals surface area contributed by atoms with Gasteiger partial charge in [0, 0.05) is 25.3 Å². The molecule has 1 heterocycles. The Kier molecular flexibility index (Phi) is 4.19. The van der Waals surface area contributed by atoms with E-state index in [0.717, 1.165) is 44.0 Å². The molecule has 0 aromatic heterocycles. The van der Waals surface area contributed by atoms with E-state index >= 15 is 0 Å². The van der Waals surface area contributed by atoms with E-state index in [1.807, 2.05) is 24.3 Å². The normalized spacial score (nSPS) is 17.3. The predicted octanol–water partition coefficient (Wildman–Crippen LogP) is 1.95. The summed E-state index contributed by atoms with van der Waals surface area (Å²) in [6.45, 7) is 3.05. The maximum absolute atomic E-state index is 5.83. The van der Waals surface area contributed by atoms with Crippen molar-refractivity contribution in [3.63, 3.8) is 0 Å². The van der Waals surface area contributed by atoms with Crippen molar-refractivity contribution in [3.05, 3.63) is 29.8 Å². The van der Waals surface area contributed by atoms with E-state index in [9.17, 15) is 0 Å². The van der Waals surface area contributed by atoms with Gasteiger partial charge in [0.25, 0.3) is 0 Å². The Morgan fingerprint density at radius 2 is 2.00 bits per heavy atom. The van der Waals surface area contributed by atoms with Crippen LogP contribution in [0.4, 0.5) is 0 Å². The van der Waals surface area contributed by atoms with Gasteiger partial charge in [0.1, 0.15) is 5.75 Å². The van der Waals surface area contributed by atoms with E-state index in [1.54, 1.807) is 0 Å². The second-order valence-corrected chi connectivity index (χ2v) is 4.18. The highest BCUT2D eigenvalue weighted by atomic mass is 16.5. The Morgan fingerprint density at radius 1 is 1.25 bits per heavy atom. The van der Waals surface area contributed by atoms with Crippen LogP contribution in [0.3, 0.4) is 0 Å². The lowest BCUT2D eigenvalue weighted by molar-refractivity contribution is 0.0496. The highest BCUT2D eigenvalue weighted by Gasteiger charge is 2.14. The minimum atomic E-state index is 0.532. The van der Waals surface area contributed by atoms with Gasteiger partial charge in [0.05, 0.1) is 6.61 Å². The van der Waals surface area contributed by atoms with Gasteiger partial charge in [-0.15, -0.1) is 0 Å². The summed E-state index contributed by atoms with van der Waals surface area (Å²) in [7, 11) is 0. The number of ether oxygens (including phenoxy) is 2. The summed E-state index contributed by atoms with van der Waals surface area (Å²) in [6, 6.07) is 7.98. The lowest BCUT2D eigenvalue weighted by Gasteiger charge is -2.22. The number of nitrogens with two attached hydrogens (primary N) is 1. The lowest BCUT2D eigenvalue weighted by Crippen LogP contribution is -2.21. The molecule has 1 aliphatic heterocycles. The van der Waals surface area contributed by atoms with Crippen molar-refractivity contribution in [1.29, 1.82) is 0 Å². The first-order valence-corrected chi connectivity index (χ1v) is 5.88. The molecule has 0 aliphatic carbocycles. The van der Waals surface area contributed by atoms with E-state index in [4.69, 9.17) is 15.2 Å². The van der Waals surface area contributed by atoms with Gasteiger partial charge in [0.15, 0.2) is 0 Å². The number of hydrogen-bond acceptors (Lipinski definition) is 3. The first-order chi connectivity index (χ1) is 7.90. The SMILES string of the molecule is NCc1ccccc1OCC1CCOCC1. The van der Waals surface area contributed by atoms with E-state index in [2.05, 4.69) is 0 Å². The van der Waals surface area contributed by atoms with Gasteiger partial charge in [-0.1, -0.05) is 18.2 Å². The molecule has 3 nitrogen and oxygen atoms in total. The topological polar surface area (TPSA) is 44.5 Å². The van der Waals surface area contributed by atoms with Crippen LogP contribution >= 0.6 is 0 Å². The van der Waals surface area contributed by atoms with Crippen LogP contribution in [0, 0.1) is 5.92 Å². The van der Waals surface area contributed by atoms with E-state index in [1.165, 1.54) is 0 Å². The molecule has 88 valence electrons. The second-order valence-electron chi connectivity index (χ2n) is 4.18. The minimum Gasteiger partial charge on any atom is -0.493 e. The third-order valence-electron chi connectivity index (χ3n) is 3.01. The average molecular weight is 221 g/mol. The predicted molar refractivity (Wildman–Crippen MR) is 63.4 cm³/mol. The first kappa shape index (κ1) is 11.4. The maximum atomic E-state index is 5.83. The molecule has 1 fully saturated rings. The summed E-state index contributed by atoms with van der Waals surface area (Å²) in [5.41, 5.74) is 6.74. The molecule has 0 unspecified atom stereocenters. The zero-order chi connectivity index (χ0) is 11.2. The quantitative estimate of drug-likeness (QED) is 0.845.